The van der Waals surface area contributed by atoms with Crippen LogP contribution in [0.5, 0.6) is 5.75 Å². The highest BCUT2D eigenvalue weighted by molar-refractivity contribution is 7.04. The normalized spacial score (nSPS) is 13.1. The minimum Gasteiger partial charge on any atom is -0.496 e. The summed E-state index contributed by atoms with van der Waals surface area (Å²) in [4.78, 5) is 17.1. The van der Waals surface area contributed by atoms with Gasteiger partial charge in [0.25, 0.3) is 11.8 Å². The molecule has 1 aromatic carbocycles. The van der Waals surface area contributed by atoms with Gasteiger partial charge in [0.05, 0.1) is 12.7 Å². The van der Waals surface area contributed by atoms with Crippen molar-refractivity contribution in [3.05, 3.63) is 45.8 Å². The lowest BCUT2D eigenvalue weighted by Gasteiger charge is -2.19. The fourth-order valence-corrected chi connectivity index (χ4v) is 3.67. The molecule has 2 rings (SSSR count). The fraction of sp³-hybridized carbons (Fsp3) is 0.524. The molecular formula is C21H28F2N2O2S. The lowest BCUT2D eigenvalue weighted by Crippen LogP contribution is -2.18. The van der Waals surface area contributed by atoms with Crippen molar-refractivity contribution < 1.29 is 18.3 Å². The number of nitrogens with zero attached hydrogens (tertiary/aromatic N) is 2. The molecule has 1 heterocycles. The van der Waals surface area contributed by atoms with Crippen LogP contribution in [0.15, 0.2) is 29.4 Å². The van der Waals surface area contributed by atoms with Crippen molar-refractivity contribution in [2.75, 3.05) is 7.11 Å². The van der Waals surface area contributed by atoms with Gasteiger partial charge in [-0.3, -0.25) is 8.75 Å². The van der Waals surface area contributed by atoms with Gasteiger partial charge in [0.15, 0.2) is 0 Å². The van der Waals surface area contributed by atoms with E-state index < -0.39 is 11.8 Å². The van der Waals surface area contributed by atoms with Gasteiger partial charge < -0.3 is 4.74 Å². The largest absolute Gasteiger partial charge is 0.496 e. The number of rotatable bonds is 6. The Labute approximate surface area is 169 Å². The van der Waals surface area contributed by atoms with Crippen LogP contribution in [-0.4, -0.2) is 17.0 Å². The highest BCUT2D eigenvalue weighted by Gasteiger charge is 2.27. The van der Waals surface area contributed by atoms with E-state index in [0.717, 1.165) is 31.7 Å². The molecule has 1 amide bonds. The Balaban J connectivity index is 2.55. The molecule has 0 aliphatic carbocycles. The van der Waals surface area contributed by atoms with Crippen LogP contribution in [0.3, 0.4) is 0 Å². The van der Waals surface area contributed by atoms with Crippen LogP contribution in [0.2, 0.25) is 0 Å². The number of carbonyl (C=O) groups is 1. The third-order valence-electron chi connectivity index (χ3n) is 4.33. The van der Waals surface area contributed by atoms with Crippen molar-refractivity contribution in [1.82, 2.24) is 3.96 Å². The Morgan fingerprint density at radius 1 is 1.25 bits per heavy atom. The molecule has 0 radical (unpaired) electrons. The van der Waals surface area contributed by atoms with Gasteiger partial charge in [-0.2, -0.15) is 4.99 Å². The van der Waals surface area contributed by atoms with Crippen LogP contribution in [0.25, 0.3) is 0 Å². The molecular weight excluding hydrogens is 382 g/mol. The summed E-state index contributed by atoms with van der Waals surface area (Å²) in [6, 6.07) is 3.82. The Morgan fingerprint density at radius 3 is 2.46 bits per heavy atom. The van der Waals surface area contributed by atoms with E-state index in [1.54, 1.807) is 0 Å². The number of alkyl halides is 2. The predicted octanol–water partition coefficient (Wildman–Crippen LogP) is 5.51. The second kappa shape index (κ2) is 8.55. The summed E-state index contributed by atoms with van der Waals surface area (Å²) in [6.45, 7) is 9.14. The third kappa shape index (κ3) is 5.28. The van der Waals surface area contributed by atoms with E-state index in [4.69, 9.17) is 4.74 Å². The first-order valence-corrected chi connectivity index (χ1v) is 10.1. The second-order valence-electron chi connectivity index (χ2n) is 7.87. The molecule has 28 heavy (non-hydrogen) atoms. The predicted molar refractivity (Wildman–Crippen MR) is 108 cm³/mol. The molecule has 2 aromatic rings. The zero-order valence-corrected chi connectivity index (χ0v) is 18.1. The van der Waals surface area contributed by atoms with E-state index in [-0.39, 0.29) is 22.4 Å². The summed E-state index contributed by atoms with van der Waals surface area (Å²) in [6.07, 6.45) is 4.85. The lowest BCUT2D eigenvalue weighted by atomic mass is 10.0. The number of unbranched alkanes of at least 4 members (excludes halogenated alkanes) is 1. The number of hydrogen-bond donors (Lipinski definition) is 0. The molecule has 4 nitrogen and oxygen atoms in total. The zero-order chi connectivity index (χ0) is 21.1. The highest BCUT2D eigenvalue weighted by atomic mass is 32.1. The van der Waals surface area contributed by atoms with Crippen molar-refractivity contribution in [2.45, 2.75) is 65.3 Å². The van der Waals surface area contributed by atoms with Crippen molar-refractivity contribution in [1.29, 1.82) is 0 Å². The number of ether oxygens (including phenoxy) is 1. The topological polar surface area (TPSA) is 43.6 Å². The van der Waals surface area contributed by atoms with Gasteiger partial charge in [0, 0.05) is 29.8 Å². The SMILES string of the molecule is CCCCc1cn(C(C)(C)C)sc1=NC(=O)c1cc(C(C)(F)F)ccc1OC. The fourth-order valence-electron chi connectivity index (χ4n) is 2.64. The van der Waals surface area contributed by atoms with E-state index in [0.29, 0.717) is 4.67 Å². The van der Waals surface area contributed by atoms with E-state index in [1.807, 2.05) is 6.20 Å². The van der Waals surface area contributed by atoms with Crippen LogP contribution < -0.4 is 9.41 Å². The maximum absolute atomic E-state index is 13.7. The first-order valence-electron chi connectivity index (χ1n) is 9.35. The van der Waals surface area contributed by atoms with Gasteiger partial charge in [0.2, 0.25) is 0 Å². The van der Waals surface area contributed by atoms with E-state index in [9.17, 15) is 13.6 Å². The second-order valence-corrected chi connectivity index (χ2v) is 8.83. The quantitative estimate of drug-likeness (QED) is 0.630. The average molecular weight is 411 g/mol. The Bertz CT molecular complexity index is 902. The van der Waals surface area contributed by atoms with Gasteiger partial charge >= 0.3 is 0 Å². The first-order chi connectivity index (χ1) is 13.0. The van der Waals surface area contributed by atoms with Crippen LogP contribution in [-0.2, 0) is 17.9 Å². The molecule has 0 saturated heterocycles. The number of aryl methyl sites for hydroxylation is 1. The molecule has 0 aliphatic rings. The maximum atomic E-state index is 13.7. The lowest BCUT2D eigenvalue weighted by molar-refractivity contribution is 0.0174. The Morgan fingerprint density at radius 2 is 1.93 bits per heavy atom. The standard InChI is InChI=1S/C21H28F2N2O2S/c1-7-8-9-14-13-25(20(2,3)4)28-19(14)24-18(26)16-12-15(21(5,22)23)10-11-17(16)27-6/h10-13H,7-9H2,1-6H3. The molecule has 154 valence electrons. The van der Waals surface area contributed by atoms with Crippen molar-refractivity contribution in [2.24, 2.45) is 4.99 Å². The zero-order valence-electron chi connectivity index (χ0n) is 17.3. The molecule has 0 fully saturated rings. The number of aromatic nitrogens is 1. The molecule has 7 heteroatoms. The van der Waals surface area contributed by atoms with Gasteiger partial charge in [-0.1, -0.05) is 13.3 Å². The minimum atomic E-state index is -3.05. The highest BCUT2D eigenvalue weighted by Crippen LogP contribution is 2.31. The minimum absolute atomic E-state index is 0.0404. The van der Waals surface area contributed by atoms with Crippen molar-refractivity contribution in [3.63, 3.8) is 0 Å². The van der Waals surface area contributed by atoms with Gasteiger partial charge in [-0.25, -0.2) is 8.78 Å². The molecule has 0 atom stereocenters. The molecule has 0 aliphatic heterocycles. The van der Waals surface area contributed by atoms with Crippen LogP contribution >= 0.6 is 11.5 Å². The number of benzene rings is 1. The van der Waals surface area contributed by atoms with Crippen molar-refractivity contribution in [3.8, 4) is 5.75 Å². The molecule has 0 spiro atoms. The summed E-state index contributed by atoms with van der Waals surface area (Å²) < 4.78 is 35.3. The van der Waals surface area contributed by atoms with Gasteiger partial charge in [0.1, 0.15) is 10.4 Å². The summed E-state index contributed by atoms with van der Waals surface area (Å²) in [5.74, 6) is -3.40. The molecule has 1 aromatic heterocycles. The molecule has 0 saturated carbocycles. The number of hydrogen-bond acceptors (Lipinski definition) is 3. The summed E-state index contributed by atoms with van der Waals surface area (Å²) in [7, 11) is 1.40. The number of methoxy groups -OCH3 is 1. The van der Waals surface area contributed by atoms with Gasteiger partial charge in [-0.15, -0.1) is 0 Å². The number of carbonyl (C=O) groups excluding carboxylic acids is 1. The Hall–Kier alpha value is -2.02. The van der Waals surface area contributed by atoms with Gasteiger partial charge in [-0.05, 0) is 63.3 Å². The summed E-state index contributed by atoms with van der Waals surface area (Å²) in [5.41, 5.74) is 0.656. The number of amides is 1. The Kier molecular flexibility index (Phi) is 6.80. The first kappa shape index (κ1) is 22.3. The van der Waals surface area contributed by atoms with E-state index >= 15 is 0 Å². The number of halogens is 2. The maximum Gasteiger partial charge on any atom is 0.282 e. The summed E-state index contributed by atoms with van der Waals surface area (Å²) >= 11 is 1.40. The monoisotopic (exact) mass is 410 g/mol. The van der Waals surface area contributed by atoms with Crippen LogP contribution in [0.1, 0.15) is 68.9 Å². The van der Waals surface area contributed by atoms with Crippen LogP contribution in [0, 0.1) is 0 Å². The molecule has 0 bridgehead atoms. The van der Waals surface area contributed by atoms with Crippen molar-refractivity contribution >= 4 is 17.4 Å². The molecule has 0 N–H and O–H groups in total. The average Bonchev–Trinajstić information content (AvgIpc) is 3.01. The van der Waals surface area contributed by atoms with E-state index in [1.165, 1.54) is 36.8 Å². The smallest absolute Gasteiger partial charge is 0.282 e. The summed E-state index contributed by atoms with van der Waals surface area (Å²) in [5, 5.41) is 0. The molecule has 0 unspecified atom stereocenters. The third-order valence-corrected chi connectivity index (χ3v) is 5.71. The van der Waals surface area contributed by atoms with E-state index in [2.05, 4.69) is 36.6 Å². The van der Waals surface area contributed by atoms with Crippen LogP contribution in [0.4, 0.5) is 8.78 Å².